The van der Waals surface area contributed by atoms with E-state index in [0.717, 1.165) is 44.2 Å². The number of piperazine rings is 1. The number of likely N-dealkylation sites (tertiary alicyclic amines) is 1. The first-order valence-corrected chi connectivity index (χ1v) is 9.30. The Labute approximate surface area is 163 Å². The van der Waals surface area contributed by atoms with Crippen LogP contribution in [0.3, 0.4) is 0 Å². The molecule has 7 heteroatoms. The second-order valence-electron chi connectivity index (χ2n) is 6.73. The number of hydrogen-bond donors (Lipinski definition) is 1. The molecule has 0 saturated carbocycles. The topological polar surface area (TPSA) is 46.2 Å². The van der Waals surface area contributed by atoms with Gasteiger partial charge in [-0.15, -0.1) is 12.4 Å². The number of benzene rings is 1. The Morgan fingerprint density at radius 2 is 1.73 bits per heavy atom. The van der Waals surface area contributed by atoms with E-state index >= 15 is 0 Å². The first-order valence-electron chi connectivity index (χ1n) is 9.30. The molecule has 6 nitrogen and oxygen atoms in total. The van der Waals surface area contributed by atoms with E-state index < -0.39 is 0 Å². The van der Waals surface area contributed by atoms with E-state index in [0.29, 0.717) is 18.4 Å². The van der Waals surface area contributed by atoms with Crippen molar-refractivity contribution < 1.29 is 14.2 Å². The quantitative estimate of drug-likeness (QED) is 0.774. The summed E-state index contributed by atoms with van der Waals surface area (Å²) in [6.45, 7) is 10.3. The second kappa shape index (κ2) is 10.2. The SMILES string of the molecule is CCOc1c(OC)cc(CN2CCC(N3CCNCC3)C2)cc1OC.Cl. The molecule has 2 aliphatic heterocycles. The summed E-state index contributed by atoms with van der Waals surface area (Å²) in [7, 11) is 3.36. The number of halogens is 1. The molecule has 0 amide bonds. The third-order valence-corrected chi connectivity index (χ3v) is 5.13. The van der Waals surface area contributed by atoms with Crippen molar-refractivity contribution in [2.45, 2.75) is 25.9 Å². The van der Waals surface area contributed by atoms with Gasteiger partial charge in [0.25, 0.3) is 0 Å². The number of nitrogens with one attached hydrogen (secondary N) is 1. The predicted octanol–water partition coefficient (Wildman–Crippen LogP) is 2.00. The fraction of sp³-hybridized carbons (Fsp3) is 0.684. The molecule has 1 aromatic carbocycles. The summed E-state index contributed by atoms with van der Waals surface area (Å²) >= 11 is 0. The fourth-order valence-electron chi connectivity index (χ4n) is 3.87. The lowest BCUT2D eigenvalue weighted by molar-refractivity contribution is 0.170. The van der Waals surface area contributed by atoms with Crippen molar-refractivity contribution in [3.63, 3.8) is 0 Å². The van der Waals surface area contributed by atoms with Crippen LogP contribution in [0.5, 0.6) is 17.2 Å². The summed E-state index contributed by atoms with van der Waals surface area (Å²) in [5.41, 5.74) is 1.21. The van der Waals surface area contributed by atoms with Crippen molar-refractivity contribution >= 4 is 12.4 Å². The Morgan fingerprint density at radius 1 is 1.08 bits per heavy atom. The summed E-state index contributed by atoms with van der Waals surface area (Å²) in [6.07, 6.45) is 1.26. The van der Waals surface area contributed by atoms with Crippen LogP contribution in [-0.4, -0.2) is 75.9 Å². The molecule has 0 bridgehead atoms. The van der Waals surface area contributed by atoms with Gasteiger partial charge in [-0.1, -0.05) is 0 Å². The number of rotatable bonds is 7. The fourth-order valence-corrected chi connectivity index (χ4v) is 3.87. The molecule has 1 unspecified atom stereocenters. The zero-order chi connectivity index (χ0) is 17.6. The molecule has 0 spiro atoms. The minimum atomic E-state index is 0. The Hall–Kier alpha value is -1.21. The van der Waals surface area contributed by atoms with Crippen LogP contribution in [0.2, 0.25) is 0 Å². The standard InChI is InChI=1S/C19H31N3O3.ClH/c1-4-25-19-17(23-2)11-15(12-18(19)24-3)13-21-8-5-16(14-21)22-9-6-20-7-10-22;/h11-12,16,20H,4-10,13-14H2,1-3H3;1H. The molecule has 0 aliphatic carbocycles. The minimum Gasteiger partial charge on any atom is -0.493 e. The minimum absolute atomic E-state index is 0. The lowest BCUT2D eigenvalue weighted by Crippen LogP contribution is -2.49. The second-order valence-corrected chi connectivity index (χ2v) is 6.73. The summed E-state index contributed by atoms with van der Waals surface area (Å²) in [4.78, 5) is 5.16. The maximum atomic E-state index is 5.70. The zero-order valence-corrected chi connectivity index (χ0v) is 16.9. The van der Waals surface area contributed by atoms with Crippen LogP contribution >= 0.6 is 12.4 Å². The van der Waals surface area contributed by atoms with Gasteiger partial charge in [0.2, 0.25) is 5.75 Å². The third-order valence-electron chi connectivity index (χ3n) is 5.13. The number of nitrogens with zero attached hydrogens (tertiary/aromatic N) is 2. The molecule has 1 N–H and O–H groups in total. The van der Waals surface area contributed by atoms with Gasteiger partial charge in [0, 0.05) is 51.9 Å². The Balaban J connectivity index is 0.00000243. The Kier molecular flexibility index (Phi) is 8.28. The average molecular weight is 386 g/mol. The van der Waals surface area contributed by atoms with E-state index in [1.807, 2.05) is 6.92 Å². The van der Waals surface area contributed by atoms with E-state index in [1.54, 1.807) is 14.2 Å². The molecule has 2 aliphatic rings. The molecule has 26 heavy (non-hydrogen) atoms. The highest BCUT2D eigenvalue weighted by Gasteiger charge is 2.28. The highest BCUT2D eigenvalue weighted by atomic mass is 35.5. The smallest absolute Gasteiger partial charge is 0.203 e. The summed E-state index contributed by atoms with van der Waals surface area (Å²) in [5.74, 6) is 2.18. The molecular formula is C19H32ClN3O3. The van der Waals surface area contributed by atoms with Crippen LogP contribution in [0.4, 0.5) is 0 Å². The summed E-state index contributed by atoms with van der Waals surface area (Å²) in [6, 6.07) is 4.84. The van der Waals surface area contributed by atoms with E-state index in [2.05, 4.69) is 27.2 Å². The first kappa shape index (κ1) is 21.1. The largest absolute Gasteiger partial charge is 0.493 e. The van der Waals surface area contributed by atoms with Crippen molar-refractivity contribution in [1.82, 2.24) is 15.1 Å². The lowest BCUT2D eigenvalue weighted by Gasteiger charge is -2.32. The van der Waals surface area contributed by atoms with E-state index in [9.17, 15) is 0 Å². The molecule has 148 valence electrons. The van der Waals surface area contributed by atoms with Crippen LogP contribution in [0, 0.1) is 0 Å². The molecule has 0 radical (unpaired) electrons. The molecule has 0 aromatic heterocycles. The van der Waals surface area contributed by atoms with Gasteiger partial charge < -0.3 is 19.5 Å². The average Bonchev–Trinajstić information content (AvgIpc) is 3.12. The van der Waals surface area contributed by atoms with Crippen LogP contribution in [-0.2, 0) is 6.54 Å². The van der Waals surface area contributed by atoms with Crippen LogP contribution in [0.1, 0.15) is 18.9 Å². The summed E-state index contributed by atoms with van der Waals surface area (Å²) < 4.78 is 16.7. The molecular weight excluding hydrogens is 354 g/mol. The number of methoxy groups -OCH3 is 2. The maximum Gasteiger partial charge on any atom is 0.203 e. The Morgan fingerprint density at radius 3 is 2.31 bits per heavy atom. The Bertz CT molecular complexity index is 542. The van der Waals surface area contributed by atoms with E-state index in [-0.39, 0.29) is 12.4 Å². The molecule has 1 aromatic rings. The predicted molar refractivity (Wildman–Crippen MR) is 106 cm³/mol. The van der Waals surface area contributed by atoms with Crippen LogP contribution < -0.4 is 19.5 Å². The molecule has 2 fully saturated rings. The normalized spacial score (nSPS) is 21.3. The number of ether oxygens (including phenoxy) is 3. The van der Waals surface area contributed by atoms with Crippen LogP contribution in [0.15, 0.2) is 12.1 Å². The number of hydrogen-bond acceptors (Lipinski definition) is 6. The van der Waals surface area contributed by atoms with Gasteiger partial charge in [0.05, 0.1) is 20.8 Å². The highest BCUT2D eigenvalue weighted by molar-refractivity contribution is 5.85. The molecule has 2 saturated heterocycles. The van der Waals surface area contributed by atoms with Crippen molar-refractivity contribution in [1.29, 1.82) is 0 Å². The zero-order valence-electron chi connectivity index (χ0n) is 16.1. The van der Waals surface area contributed by atoms with Gasteiger partial charge >= 0.3 is 0 Å². The van der Waals surface area contributed by atoms with E-state index in [1.165, 1.54) is 25.1 Å². The van der Waals surface area contributed by atoms with Gasteiger partial charge in [0.1, 0.15) is 0 Å². The van der Waals surface area contributed by atoms with Gasteiger partial charge in [-0.3, -0.25) is 9.80 Å². The van der Waals surface area contributed by atoms with Crippen molar-refractivity contribution in [3.8, 4) is 17.2 Å². The summed E-state index contributed by atoms with van der Waals surface area (Å²) in [5, 5.41) is 3.44. The maximum absolute atomic E-state index is 5.70. The van der Waals surface area contributed by atoms with E-state index in [4.69, 9.17) is 14.2 Å². The van der Waals surface area contributed by atoms with Gasteiger partial charge in [-0.2, -0.15) is 0 Å². The molecule has 3 rings (SSSR count). The first-order chi connectivity index (χ1) is 12.2. The molecule has 1 atom stereocenters. The third kappa shape index (κ3) is 4.94. The van der Waals surface area contributed by atoms with Gasteiger partial charge in [-0.05, 0) is 31.0 Å². The monoisotopic (exact) mass is 385 g/mol. The lowest BCUT2D eigenvalue weighted by atomic mass is 10.1. The van der Waals surface area contributed by atoms with Gasteiger partial charge in [0.15, 0.2) is 11.5 Å². The molecule has 2 heterocycles. The van der Waals surface area contributed by atoms with Crippen LogP contribution in [0.25, 0.3) is 0 Å². The van der Waals surface area contributed by atoms with Crippen molar-refractivity contribution in [3.05, 3.63) is 17.7 Å². The van der Waals surface area contributed by atoms with Gasteiger partial charge in [-0.25, -0.2) is 0 Å². The van der Waals surface area contributed by atoms with Crippen molar-refractivity contribution in [2.75, 3.05) is 60.1 Å². The highest BCUT2D eigenvalue weighted by Crippen LogP contribution is 2.39. The van der Waals surface area contributed by atoms with Crippen molar-refractivity contribution in [2.24, 2.45) is 0 Å².